The van der Waals surface area contributed by atoms with Crippen LogP contribution in [0.1, 0.15) is 34.7 Å². The summed E-state index contributed by atoms with van der Waals surface area (Å²) in [6.07, 6.45) is 1.02. The first kappa shape index (κ1) is 30.4. The van der Waals surface area contributed by atoms with Gasteiger partial charge in [-0.15, -0.1) is 11.3 Å². The molecule has 0 aliphatic heterocycles. The monoisotopic (exact) mass is 712 g/mol. The first-order valence-electron chi connectivity index (χ1n) is 14.7. The summed E-state index contributed by atoms with van der Waals surface area (Å²) in [5.41, 5.74) is 5.31. The second-order valence-electron chi connectivity index (χ2n) is 11.2. The molecule has 46 heavy (non-hydrogen) atoms. The van der Waals surface area contributed by atoms with Crippen molar-refractivity contribution in [2.24, 2.45) is 7.05 Å². The predicted molar refractivity (Wildman–Crippen MR) is 187 cm³/mol. The Kier molecular flexibility index (Phi) is 8.02. The number of nitrogens with zero attached hydrogens (tertiary/aromatic N) is 2. The number of aromatic nitrogens is 3. The summed E-state index contributed by atoms with van der Waals surface area (Å²) in [4.78, 5) is 22.7. The van der Waals surface area contributed by atoms with Crippen LogP contribution in [0.5, 0.6) is 5.75 Å². The summed E-state index contributed by atoms with van der Waals surface area (Å²) < 4.78 is 31.6. The zero-order valence-electron chi connectivity index (χ0n) is 24.7. The van der Waals surface area contributed by atoms with E-state index in [1.165, 1.54) is 15.9 Å². The first-order chi connectivity index (χ1) is 22.2. The number of nitrogens with one attached hydrogen (secondary N) is 2. The number of benzene rings is 4. The first-order valence-corrected chi connectivity index (χ1v) is 17.9. The number of fused-ring (bicyclic) bond motifs is 3. The van der Waals surface area contributed by atoms with Gasteiger partial charge in [-0.05, 0) is 65.1 Å². The summed E-state index contributed by atoms with van der Waals surface area (Å²) in [5.74, 6) is -0.795. The number of halogens is 1. The molecule has 3 aromatic heterocycles. The predicted octanol–water partition coefficient (Wildman–Crippen LogP) is 7.19. The second-order valence-corrected chi connectivity index (χ2v) is 14.7. The number of aromatic amines is 1. The Hall–Kier alpha value is -4.29. The number of hydrogen-bond donors (Lipinski definition) is 3. The lowest BCUT2D eigenvalue weighted by Gasteiger charge is -2.21. The third kappa shape index (κ3) is 5.43. The Morgan fingerprint density at radius 2 is 1.78 bits per heavy atom. The number of aryl methyl sites for hydroxylation is 2. The van der Waals surface area contributed by atoms with Gasteiger partial charge < -0.3 is 14.7 Å². The Morgan fingerprint density at radius 1 is 1.00 bits per heavy atom. The van der Waals surface area contributed by atoms with Gasteiger partial charge in [-0.3, -0.25) is 4.79 Å². The summed E-state index contributed by atoms with van der Waals surface area (Å²) in [6.45, 7) is 0.216. The van der Waals surface area contributed by atoms with Gasteiger partial charge in [0.15, 0.2) is 5.75 Å². The lowest BCUT2D eigenvalue weighted by molar-refractivity contribution is 0.469. The second kappa shape index (κ2) is 12.1. The number of H-pyrrole nitrogens is 1. The Labute approximate surface area is 277 Å². The number of thiazole rings is 1. The van der Waals surface area contributed by atoms with Crippen LogP contribution in [0, 0.1) is 0 Å². The molecule has 0 fully saturated rings. The summed E-state index contributed by atoms with van der Waals surface area (Å²) in [6, 6.07) is 28.4. The smallest absolute Gasteiger partial charge is 0.259 e. The highest BCUT2D eigenvalue weighted by atomic mass is 79.9. The maximum atomic E-state index is 14.0. The molecular formula is C35H29BrN4O4S2. The number of pyridine rings is 1. The van der Waals surface area contributed by atoms with E-state index < -0.39 is 15.9 Å². The third-order valence-corrected chi connectivity index (χ3v) is 11.3. The fraction of sp³-hybridized carbons (Fsp3) is 0.143. The molecule has 1 atom stereocenters. The maximum Gasteiger partial charge on any atom is 0.259 e. The summed E-state index contributed by atoms with van der Waals surface area (Å²) >= 11 is 4.88. The van der Waals surface area contributed by atoms with E-state index in [0.29, 0.717) is 23.2 Å². The molecule has 3 heterocycles. The Morgan fingerprint density at radius 3 is 2.61 bits per heavy atom. The largest absolute Gasteiger partial charge is 0.505 e. The highest BCUT2D eigenvalue weighted by molar-refractivity contribution is 9.10. The SMILES string of the molecule is Cn1c(=O)c(C(c2cccc(Br)c2)c2[nH]c3ccccc3c2CCCNS(=O)(=O)c2ccc3ccccc3c2)c(O)c2ncsc21. The average molecular weight is 714 g/mol. The molecule has 11 heteroatoms. The van der Waals surface area contributed by atoms with Crippen molar-refractivity contribution in [1.29, 1.82) is 0 Å². The van der Waals surface area contributed by atoms with Gasteiger partial charge in [-0.2, -0.15) is 0 Å². The quantitative estimate of drug-likeness (QED) is 0.137. The van der Waals surface area contributed by atoms with Crippen molar-refractivity contribution in [2.45, 2.75) is 23.7 Å². The van der Waals surface area contributed by atoms with Gasteiger partial charge in [0.2, 0.25) is 10.0 Å². The fourth-order valence-electron chi connectivity index (χ4n) is 6.19. The van der Waals surface area contributed by atoms with E-state index in [9.17, 15) is 18.3 Å². The van der Waals surface area contributed by atoms with Crippen molar-refractivity contribution in [3.63, 3.8) is 0 Å². The normalized spacial score (nSPS) is 12.7. The van der Waals surface area contributed by atoms with Gasteiger partial charge in [-0.25, -0.2) is 18.1 Å². The van der Waals surface area contributed by atoms with Gasteiger partial charge >= 0.3 is 0 Å². The van der Waals surface area contributed by atoms with Crippen LogP contribution >= 0.6 is 27.3 Å². The number of rotatable bonds is 9. The minimum absolute atomic E-state index is 0.142. The number of sulfonamides is 1. The van der Waals surface area contributed by atoms with Crippen molar-refractivity contribution in [1.82, 2.24) is 19.3 Å². The van der Waals surface area contributed by atoms with Crippen LogP contribution in [0.25, 0.3) is 32.0 Å². The van der Waals surface area contributed by atoms with Crippen molar-refractivity contribution >= 4 is 69.3 Å². The van der Waals surface area contributed by atoms with Crippen LogP contribution in [0.15, 0.2) is 111 Å². The van der Waals surface area contributed by atoms with Crippen LogP contribution in [0.2, 0.25) is 0 Å². The maximum absolute atomic E-state index is 14.0. The van der Waals surface area contributed by atoms with Gasteiger partial charge in [0.25, 0.3) is 5.56 Å². The molecule has 1 unspecified atom stereocenters. The molecule has 8 nitrogen and oxygen atoms in total. The van der Waals surface area contributed by atoms with E-state index in [1.54, 1.807) is 24.7 Å². The third-order valence-electron chi connectivity index (χ3n) is 8.40. The molecular weight excluding hydrogens is 684 g/mol. The van der Waals surface area contributed by atoms with Crippen molar-refractivity contribution in [3.8, 4) is 5.75 Å². The van der Waals surface area contributed by atoms with Crippen molar-refractivity contribution in [3.05, 3.63) is 134 Å². The number of para-hydroxylation sites is 1. The molecule has 0 radical (unpaired) electrons. The van der Waals surface area contributed by atoms with Gasteiger partial charge in [0.05, 0.1) is 21.9 Å². The van der Waals surface area contributed by atoms with E-state index in [2.05, 4.69) is 30.6 Å². The summed E-state index contributed by atoms with van der Waals surface area (Å²) in [7, 11) is -2.04. The molecule has 4 aromatic carbocycles. The highest BCUT2D eigenvalue weighted by Crippen LogP contribution is 2.42. The zero-order valence-corrected chi connectivity index (χ0v) is 27.9. The fourth-order valence-corrected chi connectivity index (χ4v) is 8.48. The molecule has 3 N–H and O–H groups in total. The average Bonchev–Trinajstić information content (AvgIpc) is 3.70. The molecule has 7 aromatic rings. The molecule has 0 aliphatic rings. The lowest BCUT2D eigenvalue weighted by atomic mass is 9.85. The van der Waals surface area contributed by atoms with E-state index in [1.807, 2.05) is 78.9 Å². The standard InChI is InChI=1S/C35H29BrN4O4S2/c1-40-34(42)30(33(41)32-35(40)45-20-37-32)29(23-10-6-11-24(36)18-23)31-27(26-12-4-5-14-28(26)39-31)13-7-17-38-46(43,44)25-16-15-21-8-2-3-9-22(21)19-25/h2-6,8-12,14-16,18-20,29,38-39,41H,7,13,17H2,1H3. The number of hydrogen-bond acceptors (Lipinski definition) is 6. The van der Waals surface area contributed by atoms with E-state index in [-0.39, 0.29) is 28.3 Å². The van der Waals surface area contributed by atoms with Gasteiger partial charge in [0, 0.05) is 34.7 Å². The topological polar surface area (TPSA) is 117 Å². The minimum atomic E-state index is -3.73. The molecule has 0 aliphatic carbocycles. The van der Waals surface area contributed by atoms with Crippen LogP contribution in [0.4, 0.5) is 0 Å². The molecule has 0 spiro atoms. The van der Waals surface area contributed by atoms with Crippen LogP contribution in [-0.4, -0.2) is 34.6 Å². The van der Waals surface area contributed by atoms with Crippen LogP contribution < -0.4 is 10.3 Å². The van der Waals surface area contributed by atoms with Crippen LogP contribution in [-0.2, 0) is 23.5 Å². The molecule has 232 valence electrons. The molecule has 0 amide bonds. The highest BCUT2D eigenvalue weighted by Gasteiger charge is 2.31. The van der Waals surface area contributed by atoms with Gasteiger partial charge in [0.1, 0.15) is 10.3 Å². The molecule has 0 bridgehead atoms. The molecule has 0 saturated heterocycles. The van der Waals surface area contributed by atoms with Crippen molar-refractivity contribution < 1.29 is 13.5 Å². The van der Waals surface area contributed by atoms with Crippen molar-refractivity contribution in [2.75, 3.05) is 6.54 Å². The number of aromatic hydroxyl groups is 1. The summed E-state index contributed by atoms with van der Waals surface area (Å²) in [5, 5.41) is 14.4. The van der Waals surface area contributed by atoms with E-state index >= 15 is 0 Å². The minimum Gasteiger partial charge on any atom is -0.505 e. The van der Waals surface area contributed by atoms with Gasteiger partial charge in [-0.1, -0.05) is 76.6 Å². The zero-order chi connectivity index (χ0) is 32.0. The van der Waals surface area contributed by atoms with Crippen LogP contribution in [0.3, 0.4) is 0 Å². The van der Waals surface area contributed by atoms with E-state index in [4.69, 9.17) is 0 Å². The Bertz CT molecular complexity index is 2430. The molecule has 7 rings (SSSR count). The lowest BCUT2D eigenvalue weighted by Crippen LogP contribution is -2.26. The van der Waals surface area contributed by atoms with E-state index in [0.717, 1.165) is 43.0 Å². The Balaban J connectivity index is 1.27. The molecule has 0 saturated carbocycles.